The molecule has 2 heterocycles. The summed E-state index contributed by atoms with van der Waals surface area (Å²) in [6.07, 6.45) is 2.91. The van der Waals surface area contributed by atoms with E-state index in [1.807, 2.05) is 23.2 Å². The molecule has 1 aliphatic rings. The number of rotatable bonds is 4. The van der Waals surface area contributed by atoms with E-state index in [1.165, 1.54) is 11.0 Å². The van der Waals surface area contributed by atoms with Crippen LogP contribution in [0, 0.1) is 0 Å². The number of aliphatic carboxylic acids is 1. The average Bonchev–Trinajstić information content (AvgIpc) is 2.72. The Morgan fingerprint density at radius 3 is 2.79 bits per heavy atom. The van der Waals surface area contributed by atoms with E-state index in [-0.39, 0.29) is 0 Å². The van der Waals surface area contributed by atoms with Crippen LogP contribution in [0.1, 0.15) is 24.3 Å². The number of carboxylic acid groups (broad SMARTS) is 1. The van der Waals surface area contributed by atoms with Crippen molar-refractivity contribution >= 4 is 35.1 Å². The Hall–Kier alpha value is -0.780. The zero-order chi connectivity index (χ0) is 13.8. The summed E-state index contributed by atoms with van der Waals surface area (Å²) in [5.74, 6) is -0.895. The highest BCUT2D eigenvalue weighted by molar-refractivity contribution is 8.00. The standard InChI is InChI=1S/C14H19NO2S2/c1-10-7-15(8-11(2)19-10)9-13-12(5-6-18-13)3-4-14(16)17/h3-6,10-11H,7-9H2,1-2H3,(H,16,17). The van der Waals surface area contributed by atoms with E-state index in [1.54, 1.807) is 17.4 Å². The Bertz CT molecular complexity index is 460. The number of thiophene rings is 1. The van der Waals surface area contributed by atoms with Crippen molar-refractivity contribution in [1.82, 2.24) is 4.90 Å². The highest BCUT2D eigenvalue weighted by Crippen LogP contribution is 2.28. The Labute approximate surface area is 122 Å². The van der Waals surface area contributed by atoms with Gasteiger partial charge >= 0.3 is 5.97 Å². The number of thioether (sulfide) groups is 1. The molecule has 0 amide bonds. The highest BCUT2D eigenvalue weighted by Gasteiger charge is 2.22. The van der Waals surface area contributed by atoms with E-state index in [0.717, 1.165) is 25.2 Å². The van der Waals surface area contributed by atoms with Crippen LogP contribution in [0.25, 0.3) is 6.08 Å². The van der Waals surface area contributed by atoms with Gasteiger partial charge in [0.15, 0.2) is 0 Å². The molecule has 0 aromatic carbocycles. The van der Waals surface area contributed by atoms with Crippen LogP contribution < -0.4 is 0 Å². The van der Waals surface area contributed by atoms with Gasteiger partial charge in [0, 0.05) is 41.1 Å². The van der Waals surface area contributed by atoms with Crippen LogP contribution in [0.3, 0.4) is 0 Å². The van der Waals surface area contributed by atoms with Crippen molar-refractivity contribution in [2.45, 2.75) is 30.9 Å². The second-order valence-electron chi connectivity index (χ2n) is 4.92. The molecule has 1 N–H and O–H groups in total. The van der Waals surface area contributed by atoms with Crippen molar-refractivity contribution in [3.63, 3.8) is 0 Å². The number of hydrogen-bond acceptors (Lipinski definition) is 4. The molecular weight excluding hydrogens is 278 g/mol. The van der Waals surface area contributed by atoms with Crippen LogP contribution in [-0.4, -0.2) is 39.6 Å². The number of carboxylic acids is 1. The van der Waals surface area contributed by atoms with Gasteiger partial charge in [-0.2, -0.15) is 11.8 Å². The predicted octanol–water partition coefficient (Wildman–Crippen LogP) is 3.17. The Balaban J connectivity index is 2.03. The van der Waals surface area contributed by atoms with Crippen molar-refractivity contribution in [2.24, 2.45) is 0 Å². The minimum atomic E-state index is -0.895. The fraction of sp³-hybridized carbons (Fsp3) is 0.500. The third-order valence-electron chi connectivity index (χ3n) is 3.05. The van der Waals surface area contributed by atoms with Crippen LogP contribution in [-0.2, 0) is 11.3 Å². The maximum Gasteiger partial charge on any atom is 0.328 e. The van der Waals surface area contributed by atoms with Crippen molar-refractivity contribution in [3.8, 4) is 0 Å². The molecule has 1 aliphatic heterocycles. The van der Waals surface area contributed by atoms with Gasteiger partial charge in [0.2, 0.25) is 0 Å². The molecular formula is C14H19NO2S2. The lowest BCUT2D eigenvalue weighted by molar-refractivity contribution is -0.131. The van der Waals surface area contributed by atoms with Gasteiger partial charge in [0.25, 0.3) is 0 Å². The zero-order valence-electron chi connectivity index (χ0n) is 11.2. The lowest BCUT2D eigenvalue weighted by atomic mass is 10.2. The average molecular weight is 297 g/mol. The molecule has 2 atom stereocenters. The van der Waals surface area contributed by atoms with Crippen LogP contribution in [0.5, 0.6) is 0 Å². The number of nitrogens with zero attached hydrogens (tertiary/aromatic N) is 1. The summed E-state index contributed by atoms with van der Waals surface area (Å²) in [4.78, 5) is 14.3. The lowest BCUT2D eigenvalue weighted by Crippen LogP contribution is -2.39. The van der Waals surface area contributed by atoms with Crippen molar-refractivity contribution in [3.05, 3.63) is 28.0 Å². The van der Waals surface area contributed by atoms with E-state index < -0.39 is 5.97 Å². The fourth-order valence-corrected chi connectivity index (χ4v) is 4.70. The Kier molecular flexibility index (Phi) is 5.07. The van der Waals surface area contributed by atoms with Gasteiger partial charge in [-0.05, 0) is 23.1 Å². The summed E-state index contributed by atoms with van der Waals surface area (Å²) in [5, 5.41) is 12.1. The predicted molar refractivity (Wildman–Crippen MR) is 82.8 cm³/mol. The van der Waals surface area contributed by atoms with Crippen LogP contribution in [0.2, 0.25) is 0 Å². The molecule has 1 aromatic heterocycles. The third kappa shape index (κ3) is 4.37. The summed E-state index contributed by atoms with van der Waals surface area (Å²) in [6, 6.07) is 1.99. The molecule has 3 nitrogen and oxygen atoms in total. The van der Waals surface area contributed by atoms with E-state index in [2.05, 4.69) is 18.7 Å². The molecule has 0 radical (unpaired) electrons. The zero-order valence-corrected chi connectivity index (χ0v) is 12.8. The first-order chi connectivity index (χ1) is 9.04. The molecule has 2 rings (SSSR count). The Morgan fingerprint density at radius 2 is 2.16 bits per heavy atom. The number of carbonyl (C=O) groups is 1. The molecule has 0 saturated carbocycles. The van der Waals surface area contributed by atoms with Crippen molar-refractivity contribution in [2.75, 3.05) is 13.1 Å². The lowest BCUT2D eigenvalue weighted by Gasteiger charge is -2.34. The molecule has 104 valence electrons. The van der Waals surface area contributed by atoms with E-state index >= 15 is 0 Å². The maximum absolute atomic E-state index is 10.6. The molecule has 0 aliphatic carbocycles. The first-order valence-corrected chi connectivity index (χ1v) is 8.22. The van der Waals surface area contributed by atoms with Crippen molar-refractivity contribution < 1.29 is 9.90 Å². The molecule has 5 heteroatoms. The topological polar surface area (TPSA) is 40.5 Å². The molecule has 1 fully saturated rings. The van der Waals surface area contributed by atoms with Gasteiger partial charge in [-0.15, -0.1) is 11.3 Å². The molecule has 19 heavy (non-hydrogen) atoms. The van der Waals surface area contributed by atoms with Crippen molar-refractivity contribution in [1.29, 1.82) is 0 Å². The van der Waals surface area contributed by atoms with Gasteiger partial charge in [-0.3, -0.25) is 4.90 Å². The molecule has 1 aromatic rings. The molecule has 2 unspecified atom stereocenters. The SMILES string of the molecule is CC1CN(Cc2sccc2C=CC(=O)O)CC(C)S1. The maximum atomic E-state index is 10.6. The summed E-state index contributed by atoms with van der Waals surface area (Å²) in [6.45, 7) is 7.68. The third-order valence-corrected chi connectivity index (χ3v) is 5.20. The minimum absolute atomic E-state index is 0.668. The normalized spacial score (nSPS) is 24.9. The molecule has 1 saturated heterocycles. The monoisotopic (exact) mass is 297 g/mol. The fourth-order valence-electron chi connectivity index (χ4n) is 2.41. The van der Waals surface area contributed by atoms with Crippen LogP contribution >= 0.6 is 23.1 Å². The summed E-state index contributed by atoms with van der Waals surface area (Å²) in [7, 11) is 0. The van der Waals surface area contributed by atoms with Gasteiger partial charge in [-0.25, -0.2) is 4.79 Å². The first kappa shape index (κ1) is 14.6. The van der Waals surface area contributed by atoms with Gasteiger partial charge < -0.3 is 5.11 Å². The smallest absolute Gasteiger partial charge is 0.328 e. The quantitative estimate of drug-likeness (QED) is 0.867. The van der Waals surface area contributed by atoms with Crippen LogP contribution in [0.15, 0.2) is 17.5 Å². The summed E-state index contributed by atoms with van der Waals surface area (Å²) < 4.78 is 0. The van der Waals surface area contributed by atoms with Gasteiger partial charge in [0.05, 0.1) is 0 Å². The molecule has 0 spiro atoms. The van der Waals surface area contributed by atoms with E-state index in [9.17, 15) is 4.79 Å². The highest BCUT2D eigenvalue weighted by atomic mass is 32.2. The summed E-state index contributed by atoms with van der Waals surface area (Å²) >= 11 is 3.75. The second-order valence-corrected chi connectivity index (χ2v) is 7.80. The minimum Gasteiger partial charge on any atom is -0.478 e. The Morgan fingerprint density at radius 1 is 1.47 bits per heavy atom. The first-order valence-electron chi connectivity index (χ1n) is 6.40. The van der Waals surface area contributed by atoms with E-state index in [4.69, 9.17) is 5.11 Å². The summed E-state index contributed by atoms with van der Waals surface area (Å²) in [5.41, 5.74) is 1.03. The number of hydrogen-bond donors (Lipinski definition) is 1. The second kappa shape index (κ2) is 6.59. The van der Waals surface area contributed by atoms with Gasteiger partial charge in [-0.1, -0.05) is 13.8 Å². The van der Waals surface area contributed by atoms with Crippen LogP contribution in [0.4, 0.5) is 0 Å². The largest absolute Gasteiger partial charge is 0.478 e. The van der Waals surface area contributed by atoms with E-state index in [0.29, 0.717) is 10.5 Å². The van der Waals surface area contributed by atoms with Gasteiger partial charge in [0.1, 0.15) is 0 Å². The molecule has 0 bridgehead atoms.